The molecular weight excluding hydrogens is 474 g/mol. The molecule has 36 heavy (non-hydrogen) atoms. The van der Waals surface area contributed by atoms with Gasteiger partial charge in [-0.2, -0.15) is 0 Å². The first kappa shape index (κ1) is 25.6. The predicted molar refractivity (Wildman–Crippen MR) is 143 cm³/mol. The van der Waals surface area contributed by atoms with Crippen LogP contribution in [0.1, 0.15) is 44.2 Å². The molecule has 2 aliphatic rings. The molecule has 0 aliphatic carbocycles. The van der Waals surface area contributed by atoms with Crippen LogP contribution in [-0.4, -0.2) is 58.0 Å². The Morgan fingerprint density at radius 2 is 1.83 bits per heavy atom. The van der Waals surface area contributed by atoms with Gasteiger partial charge < -0.3 is 10.6 Å². The van der Waals surface area contributed by atoms with E-state index in [2.05, 4.69) is 20.6 Å². The molecule has 2 heterocycles. The highest BCUT2D eigenvalue weighted by atomic mass is 32.2. The maximum atomic E-state index is 13.3. The summed E-state index contributed by atoms with van der Waals surface area (Å²) >= 11 is 1.22. The number of amides is 3. The molecule has 0 saturated heterocycles. The number of nitrogens with zero attached hydrogens (tertiary/aromatic N) is 3. The molecule has 0 aromatic heterocycles. The number of benzene rings is 2. The molecule has 2 N–H and O–H groups in total. The first-order valence-electron chi connectivity index (χ1n) is 12.3. The fourth-order valence-electron chi connectivity index (χ4n) is 3.98. The molecule has 2 aromatic carbocycles. The Morgan fingerprint density at radius 1 is 1.08 bits per heavy atom. The summed E-state index contributed by atoms with van der Waals surface area (Å²) in [6.07, 6.45) is 2.11. The molecule has 0 unspecified atom stereocenters. The summed E-state index contributed by atoms with van der Waals surface area (Å²) in [4.78, 5) is 48.9. The van der Waals surface area contributed by atoms with Crippen molar-refractivity contribution in [3.05, 3.63) is 65.7 Å². The SMILES string of the molecule is CC[C@H](C)NC(=O)CSC1=Nc2ccccc2C2=N[C@@H](CCC(=O)NCCc3ccccc3)C(=O)N12. The van der Waals surface area contributed by atoms with E-state index in [1.165, 1.54) is 16.7 Å². The van der Waals surface area contributed by atoms with Gasteiger partial charge in [0, 0.05) is 24.6 Å². The van der Waals surface area contributed by atoms with Gasteiger partial charge in [-0.05, 0) is 43.9 Å². The molecular formula is C27H31N5O3S. The van der Waals surface area contributed by atoms with Gasteiger partial charge in [0.15, 0.2) is 5.17 Å². The van der Waals surface area contributed by atoms with Crippen molar-refractivity contribution in [2.24, 2.45) is 9.98 Å². The highest BCUT2D eigenvalue weighted by molar-refractivity contribution is 8.14. The van der Waals surface area contributed by atoms with E-state index in [-0.39, 0.29) is 35.9 Å². The summed E-state index contributed by atoms with van der Waals surface area (Å²) in [6.45, 7) is 4.51. The number of carbonyl (C=O) groups excluding carboxylic acids is 3. The maximum absolute atomic E-state index is 13.3. The monoisotopic (exact) mass is 505 g/mol. The van der Waals surface area contributed by atoms with Gasteiger partial charge in [0.25, 0.3) is 5.91 Å². The van der Waals surface area contributed by atoms with E-state index >= 15 is 0 Å². The quantitative estimate of drug-likeness (QED) is 0.516. The van der Waals surface area contributed by atoms with Crippen LogP contribution in [0.25, 0.3) is 0 Å². The highest BCUT2D eigenvalue weighted by Crippen LogP contribution is 2.34. The van der Waals surface area contributed by atoms with Gasteiger partial charge in [-0.3, -0.25) is 19.4 Å². The van der Waals surface area contributed by atoms with E-state index in [0.29, 0.717) is 29.7 Å². The van der Waals surface area contributed by atoms with Crippen LogP contribution in [0.2, 0.25) is 0 Å². The molecule has 2 atom stereocenters. The molecule has 4 rings (SSSR count). The molecule has 188 valence electrons. The van der Waals surface area contributed by atoms with Crippen LogP contribution in [0.4, 0.5) is 5.69 Å². The lowest BCUT2D eigenvalue weighted by atomic mass is 10.1. The number of amidine groups is 2. The Bertz CT molecular complexity index is 1180. The minimum Gasteiger partial charge on any atom is -0.356 e. The zero-order valence-electron chi connectivity index (χ0n) is 20.6. The number of aliphatic imine (C=N–C) groups is 2. The predicted octanol–water partition coefficient (Wildman–Crippen LogP) is 3.43. The molecule has 2 aliphatic heterocycles. The summed E-state index contributed by atoms with van der Waals surface area (Å²) in [6, 6.07) is 16.9. The average Bonchev–Trinajstić information content (AvgIpc) is 3.23. The number of thioether (sulfide) groups is 1. The Labute approximate surface area is 215 Å². The maximum Gasteiger partial charge on any atom is 0.259 e. The van der Waals surface area contributed by atoms with Gasteiger partial charge in [-0.1, -0.05) is 61.2 Å². The first-order chi connectivity index (χ1) is 17.5. The van der Waals surface area contributed by atoms with Gasteiger partial charge in [0.1, 0.15) is 11.9 Å². The minimum absolute atomic E-state index is 0.0842. The zero-order chi connectivity index (χ0) is 25.5. The highest BCUT2D eigenvalue weighted by Gasteiger charge is 2.41. The lowest BCUT2D eigenvalue weighted by molar-refractivity contribution is -0.125. The van der Waals surface area contributed by atoms with E-state index < -0.39 is 6.04 Å². The Hall–Kier alpha value is -3.46. The molecule has 2 aromatic rings. The average molecular weight is 506 g/mol. The number of rotatable bonds is 10. The minimum atomic E-state index is -0.661. The normalized spacial score (nSPS) is 17.0. The number of carbonyl (C=O) groups is 3. The van der Waals surface area contributed by atoms with Crippen LogP contribution < -0.4 is 10.6 Å². The molecule has 3 amide bonds. The summed E-state index contributed by atoms with van der Waals surface area (Å²) in [5, 5.41) is 6.30. The van der Waals surface area contributed by atoms with Crippen LogP contribution in [0, 0.1) is 0 Å². The largest absolute Gasteiger partial charge is 0.356 e. The van der Waals surface area contributed by atoms with E-state index in [0.717, 1.165) is 24.0 Å². The van der Waals surface area contributed by atoms with Crippen molar-refractivity contribution < 1.29 is 14.4 Å². The van der Waals surface area contributed by atoms with Gasteiger partial charge in [0.05, 0.1) is 11.4 Å². The van der Waals surface area contributed by atoms with Gasteiger partial charge >= 0.3 is 0 Å². The number of hydrogen-bond acceptors (Lipinski definition) is 6. The second-order valence-corrected chi connectivity index (χ2v) is 9.79. The van der Waals surface area contributed by atoms with Crippen LogP contribution >= 0.6 is 11.8 Å². The smallest absolute Gasteiger partial charge is 0.259 e. The van der Waals surface area contributed by atoms with Crippen molar-refractivity contribution in [1.29, 1.82) is 0 Å². The third-order valence-corrected chi connectivity index (χ3v) is 7.06. The second kappa shape index (κ2) is 12.0. The van der Waals surface area contributed by atoms with E-state index in [1.807, 2.05) is 68.4 Å². The summed E-state index contributed by atoms with van der Waals surface area (Å²) in [7, 11) is 0. The molecule has 0 saturated carbocycles. The van der Waals surface area contributed by atoms with E-state index in [9.17, 15) is 14.4 Å². The Balaban J connectivity index is 1.38. The molecule has 0 fully saturated rings. The third-order valence-electron chi connectivity index (χ3n) is 6.12. The third kappa shape index (κ3) is 6.20. The van der Waals surface area contributed by atoms with Crippen molar-refractivity contribution in [3.63, 3.8) is 0 Å². The molecule has 0 radical (unpaired) electrons. The van der Waals surface area contributed by atoms with Crippen LogP contribution in [0.5, 0.6) is 0 Å². The van der Waals surface area contributed by atoms with Crippen LogP contribution in [-0.2, 0) is 20.8 Å². The van der Waals surface area contributed by atoms with Gasteiger partial charge in [0.2, 0.25) is 11.8 Å². The summed E-state index contributed by atoms with van der Waals surface area (Å²) in [5.74, 6) is 0.255. The summed E-state index contributed by atoms with van der Waals surface area (Å²) < 4.78 is 0. The number of fused-ring (bicyclic) bond motifs is 3. The van der Waals surface area contributed by atoms with Gasteiger partial charge in [-0.25, -0.2) is 9.89 Å². The zero-order valence-corrected chi connectivity index (χ0v) is 21.4. The Morgan fingerprint density at radius 3 is 2.61 bits per heavy atom. The van der Waals surface area contributed by atoms with Gasteiger partial charge in [-0.15, -0.1) is 0 Å². The molecule has 9 heteroatoms. The second-order valence-electron chi connectivity index (χ2n) is 8.84. The van der Waals surface area contributed by atoms with E-state index in [4.69, 9.17) is 0 Å². The fraction of sp³-hybridized carbons (Fsp3) is 0.370. The van der Waals surface area contributed by atoms with Crippen LogP contribution in [0.15, 0.2) is 64.6 Å². The lowest BCUT2D eigenvalue weighted by Gasteiger charge is -2.25. The summed E-state index contributed by atoms with van der Waals surface area (Å²) in [5.41, 5.74) is 2.64. The standard InChI is InChI=1S/C27H31N5O3S/c1-3-18(2)29-24(34)17-36-27-31-21-12-8-7-11-20(21)25-30-22(26(35)32(25)27)13-14-23(33)28-16-15-19-9-5-4-6-10-19/h4-12,18,22H,3,13-17H2,1-2H3,(H,28,33)(H,29,34)/t18-,22-/m0/s1. The Kier molecular flexibility index (Phi) is 8.53. The fourth-order valence-corrected chi connectivity index (χ4v) is 4.79. The van der Waals surface area contributed by atoms with Crippen molar-refractivity contribution in [2.75, 3.05) is 12.3 Å². The van der Waals surface area contributed by atoms with E-state index in [1.54, 1.807) is 0 Å². The first-order valence-corrected chi connectivity index (χ1v) is 13.3. The van der Waals surface area contributed by atoms with Crippen molar-refractivity contribution in [2.45, 2.75) is 51.6 Å². The topological polar surface area (TPSA) is 103 Å². The number of para-hydroxylation sites is 1. The molecule has 0 bridgehead atoms. The number of hydrogen-bond donors (Lipinski definition) is 2. The molecule has 8 nitrogen and oxygen atoms in total. The number of nitrogens with one attached hydrogen (secondary N) is 2. The molecule has 0 spiro atoms. The van der Waals surface area contributed by atoms with Crippen molar-refractivity contribution in [1.82, 2.24) is 15.5 Å². The van der Waals surface area contributed by atoms with Crippen molar-refractivity contribution >= 4 is 46.2 Å². The lowest BCUT2D eigenvalue weighted by Crippen LogP contribution is -2.42. The van der Waals surface area contributed by atoms with Crippen LogP contribution in [0.3, 0.4) is 0 Å². The van der Waals surface area contributed by atoms with Crippen molar-refractivity contribution in [3.8, 4) is 0 Å².